The van der Waals surface area contributed by atoms with Crippen molar-refractivity contribution in [2.75, 3.05) is 19.7 Å². The predicted molar refractivity (Wildman–Crippen MR) is 81.8 cm³/mol. The van der Waals surface area contributed by atoms with Gasteiger partial charge in [-0.2, -0.15) is 0 Å². The third-order valence-electron chi connectivity index (χ3n) is 2.27. The molecule has 0 aromatic carbocycles. The van der Waals surface area contributed by atoms with E-state index in [1.807, 2.05) is 6.07 Å². The van der Waals surface area contributed by atoms with Gasteiger partial charge in [0.05, 0.1) is 10.9 Å². The van der Waals surface area contributed by atoms with Crippen LogP contribution < -0.4 is 0 Å². The molecule has 20 heavy (non-hydrogen) atoms. The molecule has 4 nitrogen and oxygen atoms in total. The Morgan fingerprint density at radius 2 is 2.25 bits per heavy atom. The summed E-state index contributed by atoms with van der Waals surface area (Å²) >= 11 is 7.18. The lowest BCUT2D eigenvalue weighted by atomic mass is 10.3. The minimum absolute atomic E-state index is 0.0891. The quantitative estimate of drug-likeness (QED) is 0.442. The molecule has 6 heteroatoms. The molecule has 0 unspecified atom stereocenters. The number of thiophene rings is 1. The molecular weight excluding hydrogens is 298 g/mol. The highest BCUT2D eigenvalue weighted by atomic mass is 35.5. The summed E-state index contributed by atoms with van der Waals surface area (Å²) in [6.07, 6.45) is 4.64. The Morgan fingerprint density at radius 1 is 1.50 bits per heavy atom. The van der Waals surface area contributed by atoms with Crippen molar-refractivity contribution in [3.8, 4) is 0 Å². The highest BCUT2D eigenvalue weighted by molar-refractivity contribution is 7.17. The summed E-state index contributed by atoms with van der Waals surface area (Å²) in [4.78, 5) is 25.7. The van der Waals surface area contributed by atoms with Crippen LogP contribution in [0.3, 0.4) is 0 Å². The van der Waals surface area contributed by atoms with Crippen LogP contribution in [0.15, 0.2) is 30.9 Å². The van der Waals surface area contributed by atoms with E-state index in [9.17, 15) is 9.59 Å². The van der Waals surface area contributed by atoms with Crippen LogP contribution in [0, 0.1) is 0 Å². The molecule has 0 saturated carbocycles. The molecule has 1 heterocycles. The number of carbonyl (C=O) groups excluding carboxylic acids is 2. The molecule has 0 radical (unpaired) electrons. The van der Waals surface area contributed by atoms with Gasteiger partial charge in [-0.3, -0.25) is 9.59 Å². The van der Waals surface area contributed by atoms with E-state index >= 15 is 0 Å². The van der Waals surface area contributed by atoms with E-state index in [0.29, 0.717) is 10.9 Å². The Labute approximate surface area is 127 Å². The molecule has 0 aliphatic carbocycles. The molecule has 0 aliphatic heterocycles. The van der Waals surface area contributed by atoms with Crippen LogP contribution in [0.25, 0.3) is 6.08 Å². The minimum atomic E-state index is -0.435. The van der Waals surface area contributed by atoms with Crippen molar-refractivity contribution in [2.45, 2.75) is 6.92 Å². The highest BCUT2D eigenvalue weighted by Crippen LogP contribution is 2.22. The van der Waals surface area contributed by atoms with Gasteiger partial charge in [-0.15, -0.1) is 17.9 Å². The maximum absolute atomic E-state index is 12.0. The molecule has 0 saturated heterocycles. The summed E-state index contributed by atoms with van der Waals surface area (Å²) < 4.78 is 5.49. The predicted octanol–water partition coefficient (Wildman–Crippen LogP) is 2.99. The van der Waals surface area contributed by atoms with E-state index in [1.54, 1.807) is 25.1 Å². The van der Waals surface area contributed by atoms with Gasteiger partial charge in [-0.25, -0.2) is 0 Å². The summed E-state index contributed by atoms with van der Waals surface area (Å²) in [5.74, 6) is -0.710. The van der Waals surface area contributed by atoms with Crippen LogP contribution in [-0.4, -0.2) is 36.5 Å². The second-order valence-electron chi connectivity index (χ2n) is 3.79. The lowest BCUT2D eigenvalue weighted by molar-refractivity contribution is -0.147. The molecule has 1 amide bonds. The van der Waals surface area contributed by atoms with Crippen LogP contribution >= 0.6 is 22.9 Å². The number of carbonyl (C=O) groups is 2. The first-order valence-corrected chi connectivity index (χ1v) is 7.25. The highest BCUT2D eigenvalue weighted by Gasteiger charge is 2.14. The molecule has 0 fully saturated rings. The second kappa shape index (κ2) is 8.55. The number of rotatable bonds is 7. The van der Waals surface area contributed by atoms with Gasteiger partial charge in [-0.1, -0.05) is 17.7 Å². The topological polar surface area (TPSA) is 46.6 Å². The van der Waals surface area contributed by atoms with Gasteiger partial charge in [-0.05, 0) is 25.1 Å². The zero-order valence-corrected chi connectivity index (χ0v) is 12.7. The fourth-order valence-corrected chi connectivity index (χ4v) is 2.39. The van der Waals surface area contributed by atoms with Crippen LogP contribution in [0.5, 0.6) is 0 Å². The molecule has 0 aliphatic rings. The van der Waals surface area contributed by atoms with Crippen molar-refractivity contribution in [3.63, 3.8) is 0 Å². The van der Waals surface area contributed by atoms with Gasteiger partial charge in [0.15, 0.2) is 0 Å². The average molecular weight is 314 g/mol. The number of hydrogen-bond acceptors (Lipinski definition) is 4. The lowest BCUT2D eigenvalue weighted by Gasteiger charge is -2.17. The number of hydrogen-bond donors (Lipinski definition) is 0. The van der Waals surface area contributed by atoms with Crippen LogP contribution in [0.4, 0.5) is 0 Å². The summed E-state index contributed by atoms with van der Waals surface area (Å²) in [6.45, 7) is 5.78. The minimum Gasteiger partial charge on any atom is -0.465 e. The van der Waals surface area contributed by atoms with Crippen molar-refractivity contribution in [2.24, 2.45) is 0 Å². The Bertz CT molecular complexity index is 510. The summed E-state index contributed by atoms with van der Waals surface area (Å²) in [6, 6.07) is 3.58. The SMILES string of the molecule is C=CCN(CC(=O)OCC)C(=O)/C=C/c1ccc(Cl)s1. The van der Waals surface area contributed by atoms with Crippen LogP contribution in [0.2, 0.25) is 4.34 Å². The number of nitrogens with zero attached hydrogens (tertiary/aromatic N) is 1. The zero-order chi connectivity index (χ0) is 15.0. The third-order valence-corrected chi connectivity index (χ3v) is 3.47. The smallest absolute Gasteiger partial charge is 0.325 e. The van der Waals surface area contributed by atoms with Gasteiger partial charge in [0.25, 0.3) is 0 Å². The molecule has 1 aromatic heterocycles. The standard InChI is InChI=1S/C14H16ClNO3S/c1-3-9-16(10-14(18)19-4-2)13(17)8-6-11-5-7-12(15)20-11/h3,5-8H,1,4,9-10H2,2H3/b8-6+. The van der Waals surface area contributed by atoms with Gasteiger partial charge in [0, 0.05) is 17.5 Å². The molecule has 0 bridgehead atoms. The molecule has 108 valence electrons. The number of halogens is 1. The third kappa shape index (κ3) is 5.59. The summed E-state index contributed by atoms with van der Waals surface area (Å²) in [5, 5.41) is 0. The van der Waals surface area contributed by atoms with E-state index in [1.165, 1.54) is 22.3 Å². The van der Waals surface area contributed by atoms with Crippen molar-refractivity contribution < 1.29 is 14.3 Å². The van der Waals surface area contributed by atoms with E-state index < -0.39 is 5.97 Å². The Morgan fingerprint density at radius 3 is 2.80 bits per heavy atom. The van der Waals surface area contributed by atoms with Crippen molar-refractivity contribution in [1.29, 1.82) is 0 Å². The first kappa shape index (κ1) is 16.5. The van der Waals surface area contributed by atoms with Gasteiger partial charge < -0.3 is 9.64 Å². The maximum Gasteiger partial charge on any atom is 0.325 e. The maximum atomic E-state index is 12.0. The van der Waals surface area contributed by atoms with Gasteiger partial charge >= 0.3 is 5.97 Å². The summed E-state index contributed by atoms with van der Waals surface area (Å²) in [5.41, 5.74) is 0. The fourth-order valence-electron chi connectivity index (χ4n) is 1.43. The Hall–Kier alpha value is -1.59. The largest absolute Gasteiger partial charge is 0.465 e. The monoisotopic (exact) mass is 313 g/mol. The molecule has 0 spiro atoms. The molecular formula is C14H16ClNO3S. The Balaban J connectivity index is 2.65. The average Bonchev–Trinajstić information content (AvgIpc) is 2.81. The van der Waals surface area contributed by atoms with Crippen LogP contribution in [-0.2, 0) is 14.3 Å². The molecule has 0 N–H and O–H groups in total. The van der Waals surface area contributed by atoms with E-state index in [2.05, 4.69) is 6.58 Å². The zero-order valence-electron chi connectivity index (χ0n) is 11.2. The Kier molecular flexibility index (Phi) is 7.04. The van der Waals surface area contributed by atoms with E-state index in [4.69, 9.17) is 16.3 Å². The number of esters is 1. The van der Waals surface area contributed by atoms with Gasteiger partial charge in [0.1, 0.15) is 6.54 Å². The number of ether oxygens (including phenoxy) is 1. The van der Waals surface area contributed by atoms with Crippen LogP contribution in [0.1, 0.15) is 11.8 Å². The second-order valence-corrected chi connectivity index (χ2v) is 5.53. The van der Waals surface area contributed by atoms with Gasteiger partial charge in [0.2, 0.25) is 5.91 Å². The molecule has 1 rings (SSSR count). The number of amides is 1. The lowest BCUT2D eigenvalue weighted by Crippen LogP contribution is -2.35. The molecule has 1 aromatic rings. The van der Waals surface area contributed by atoms with Crippen molar-refractivity contribution in [3.05, 3.63) is 40.1 Å². The van der Waals surface area contributed by atoms with Crippen molar-refractivity contribution >= 4 is 40.9 Å². The molecule has 0 atom stereocenters. The first-order valence-electron chi connectivity index (χ1n) is 6.05. The first-order chi connectivity index (χ1) is 9.56. The van der Waals surface area contributed by atoms with E-state index in [0.717, 1.165) is 4.88 Å². The van der Waals surface area contributed by atoms with E-state index in [-0.39, 0.29) is 19.0 Å². The summed E-state index contributed by atoms with van der Waals surface area (Å²) in [7, 11) is 0. The van der Waals surface area contributed by atoms with Crippen molar-refractivity contribution in [1.82, 2.24) is 4.90 Å². The normalized spacial score (nSPS) is 10.5. The fraction of sp³-hybridized carbons (Fsp3) is 0.286.